The van der Waals surface area contributed by atoms with Crippen molar-refractivity contribution >= 4 is 43.5 Å². The maximum Gasteiger partial charge on any atom is 0.163 e. The van der Waals surface area contributed by atoms with Crippen LogP contribution in [-0.2, 0) is 0 Å². The van der Waals surface area contributed by atoms with Gasteiger partial charge in [0.15, 0.2) is 5.82 Å². The fourth-order valence-corrected chi connectivity index (χ4v) is 5.99. The summed E-state index contributed by atoms with van der Waals surface area (Å²) in [5.74, 6) is 1.46. The van der Waals surface area contributed by atoms with Crippen molar-refractivity contribution in [2.75, 3.05) is 0 Å². The molecule has 0 N–H and O–H groups in total. The summed E-state index contributed by atoms with van der Waals surface area (Å²) in [5, 5.41) is 6.92. The molecule has 2 heterocycles. The van der Waals surface area contributed by atoms with Crippen molar-refractivity contribution in [3.63, 3.8) is 0 Å². The summed E-state index contributed by atoms with van der Waals surface area (Å²) in [4.78, 5) is 9.91. The number of benzene rings is 5. The van der Waals surface area contributed by atoms with Gasteiger partial charge in [0, 0.05) is 27.9 Å². The van der Waals surface area contributed by atoms with E-state index in [1.807, 2.05) is 12.3 Å². The summed E-state index contributed by atoms with van der Waals surface area (Å²) in [7, 11) is 0. The van der Waals surface area contributed by atoms with E-state index in [9.17, 15) is 0 Å². The lowest BCUT2D eigenvalue weighted by Crippen LogP contribution is -2.02. The van der Waals surface area contributed by atoms with Crippen molar-refractivity contribution in [1.29, 1.82) is 0 Å². The van der Waals surface area contributed by atoms with Gasteiger partial charge in [-0.2, -0.15) is 0 Å². The van der Waals surface area contributed by atoms with Gasteiger partial charge in [-0.05, 0) is 57.3 Å². The molecule has 7 rings (SSSR count). The molecule has 0 radical (unpaired) electrons. The van der Waals surface area contributed by atoms with E-state index in [0.29, 0.717) is 17.7 Å². The third-order valence-electron chi connectivity index (χ3n) is 7.90. The van der Waals surface area contributed by atoms with Crippen LogP contribution in [0.15, 0.2) is 102 Å². The topological polar surface area (TPSA) is 38.9 Å². The van der Waals surface area contributed by atoms with Gasteiger partial charge in [-0.15, -0.1) is 0 Å². The molecule has 0 aliphatic rings. The van der Waals surface area contributed by atoms with Crippen LogP contribution in [0.2, 0.25) is 0 Å². The molecule has 2 aromatic heterocycles. The highest BCUT2D eigenvalue weighted by molar-refractivity contribution is 6.23. The Balaban J connectivity index is 1.49. The maximum absolute atomic E-state index is 6.75. The lowest BCUT2D eigenvalue weighted by molar-refractivity contribution is 0.673. The van der Waals surface area contributed by atoms with Crippen LogP contribution in [0, 0.1) is 0 Å². The minimum Gasteiger partial charge on any atom is -0.455 e. The molecular weight excluding hydrogens is 476 g/mol. The number of hydrogen-bond acceptors (Lipinski definition) is 3. The summed E-state index contributed by atoms with van der Waals surface area (Å²) < 4.78 is 6.75. The van der Waals surface area contributed by atoms with E-state index >= 15 is 0 Å². The zero-order valence-electron chi connectivity index (χ0n) is 22.7. The lowest BCUT2D eigenvalue weighted by atomic mass is 9.87. The van der Waals surface area contributed by atoms with Crippen LogP contribution >= 0.6 is 0 Å². The minimum atomic E-state index is 0.388. The van der Waals surface area contributed by atoms with E-state index in [-0.39, 0.29) is 0 Å². The number of hydrogen-bond donors (Lipinski definition) is 0. The molecule has 0 saturated carbocycles. The van der Waals surface area contributed by atoms with E-state index in [1.54, 1.807) is 0 Å². The van der Waals surface area contributed by atoms with E-state index in [2.05, 4.69) is 113 Å². The zero-order chi connectivity index (χ0) is 26.7. The summed E-state index contributed by atoms with van der Waals surface area (Å²) in [6.45, 7) is 8.98. The third kappa shape index (κ3) is 3.72. The van der Waals surface area contributed by atoms with Crippen LogP contribution < -0.4 is 0 Å². The summed E-state index contributed by atoms with van der Waals surface area (Å²) in [5.41, 5.74) is 7.45. The number of fused-ring (bicyclic) bond motifs is 7. The minimum absolute atomic E-state index is 0.388. The SMILES string of the molecule is CC(C)c1cccc(C(C)C)c1-c1ccnc(-c2cccc3c2oc2c3ccc3ccc4ccccc4c32)n1. The highest BCUT2D eigenvalue weighted by Gasteiger charge is 2.20. The number of rotatable bonds is 4. The highest BCUT2D eigenvalue weighted by atomic mass is 16.3. The molecule has 39 heavy (non-hydrogen) atoms. The first-order valence-corrected chi connectivity index (χ1v) is 13.7. The molecule has 0 amide bonds. The molecule has 3 nitrogen and oxygen atoms in total. The number of furan rings is 1. The van der Waals surface area contributed by atoms with Crippen LogP contribution in [-0.4, -0.2) is 9.97 Å². The Morgan fingerprint density at radius 1 is 0.590 bits per heavy atom. The molecule has 0 spiro atoms. The zero-order valence-corrected chi connectivity index (χ0v) is 22.7. The van der Waals surface area contributed by atoms with Gasteiger partial charge in [-0.25, -0.2) is 9.97 Å². The van der Waals surface area contributed by atoms with Crippen LogP contribution in [0.1, 0.15) is 50.7 Å². The number of nitrogens with zero attached hydrogens (tertiary/aromatic N) is 2. The average molecular weight is 507 g/mol. The third-order valence-corrected chi connectivity index (χ3v) is 7.90. The van der Waals surface area contributed by atoms with Gasteiger partial charge < -0.3 is 4.42 Å². The van der Waals surface area contributed by atoms with Gasteiger partial charge in [-0.1, -0.05) is 100 Å². The largest absolute Gasteiger partial charge is 0.455 e. The normalized spacial score (nSPS) is 12.1. The van der Waals surface area contributed by atoms with Crippen molar-refractivity contribution < 1.29 is 4.42 Å². The second kappa shape index (κ2) is 9.06. The molecule has 190 valence electrons. The quantitative estimate of drug-likeness (QED) is 0.223. The van der Waals surface area contributed by atoms with Crippen molar-refractivity contribution in [2.24, 2.45) is 0 Å². The Morgan fingerprint density at radius 2 is 1.26 bits per heavy atom. The Morgan fingerprint density at radius 3 is 2.05 bits per heavy atom. The predicted molar refractivity (Wildman–Crippen MR) is 163 cm³/mol. The summed E-state index contributed by atoms with van der Waals surface area (Å²) in [6, 6.07) is 32.2. The molecule has 0 bridgehead atoms. The first-order valence-electron chi connectivity index (χ1n) is 13.7. The maximum atomic E-state index is 6.75. The van der Waals surface area contributed by atoms with Crippen LogP contribution in [0.3, 0.4) is 0 Å². The molecule has 0 saturated heterocycles. The lowest BCUT2D eigenvalue weighted by Gasteiger charge is -2.19. The van der Waals surface area contributed by atoms with Gasteiger partial charge >= 0.3 is 0 Å². The van der Waals surface area contributed by atoms with Crippen molar-refractivity contribution in [3.05, 3.63) is 108 Å². The van der Waals surface area contributed by atoms with E-state index in [0.717, 1.165) is 38.6 Å². The average Bonchev–Trinajstić information content (AvgIpc) is 3.35. The predicted octanol–water partition coefficient (Wildman–Crippen LogP) is 10.3. The Bertz CT molecular complexity index is 2000. The van der Waals surface area contributed by atoms with Gasteiger partial charge in [0.25, 0.3) is 0 Å². The Hall–Kier alpha value is -4.50. The standard InChI is InChI=1S/C36H30N2O/c1-21(2)25-11-7-12-26(22(3)4)33(25)31-19-20-37-36(38-31)30-14-8-13-28-29-18-17-24-16-15-23-9-5-6-10-27(23)32(24)35(29)39-34(28)30/h5-22H,1-4H3. The Kier molecular flexibility index (Phi) is 5.48. The summed E-state index contributed by atoms with van der Waals surface area (Å²) in [6.07, 6.45) is 1.88. The monoisotopic (exact) mass is 506 g/mol. The first-order chi connectivity index (χ1) is 19.0. The van der Waals surface area contributed by atoms with Crippen molar-refractivity contribution in [1.82, 2.24) is 9.97 Å². The molecule has 5 aromatic carbocycles. The van der Waals surface area contributed by atoms with E-state index < -0.39 is 0 Å². The summed E-state index contributed by atoms with van der Waals surface area (Å²) >= 11 is 0. The molecule has 3 heteroatoms. The van der Waals surface area contributed by atoms with Crippen molar-refractivity contribution in [2.45, 2.75) is 39.5 Å². The van der Waals surface area contributed by atoms with Gasteiger partial charge in [0.2, 0.25) is 0 Å². The highest BCUT2D eigenvalue weighted by Crippen LogP contribution is 2.41. The fourth-order valence-electron chi connectivity index (χ4n) is 5.99. The van der Waals surface area contributed by atoms with Crippen LogP contribution in [0.4, 0.5) is 0 Å². The fraction of sp³-hybridized carbons (Fsp3) is 0.167. The van der Waals surface area contributed by atoms with E-state index in [4.69, 9.17) is 14.4 Å². The number of para-hydroxylation sites is 1. The molecule has 7 aromatic rings. The van der Waals surface area contributed by atoms with Gasteiger partial charge in [0.05, 0.1) is 11.3 Å². The molecule has 0 unspecified atom stereocenters. The van der Waals surface area contributed by atoms with Gasteiger partial charge in [0.1, 0.15) is 11.2 Å². The molecule has 0 atom stereocenters. The number of aromatic nitrogens is 2. The van der Waals surface area contributed by atoms with Crippen LogP contribution in [0.5, 0.6) is 0 Å². The second-order valence-electron chi connectivity index (χ2n) is 11.0. The smallest absolute Gasteiger partial charge is 0.163 e. The molecule has 0 fully saturated rings. The molecule has 0 aliphatic carbocycles. The molecular formula is C36H30N2O. The molecule has 0 aliphatic heterocycles. The Labute approximate surface area is 228 Å². The van der Waals surface area contributed by atoms with Gasteiger partial charge in [-0.3, -0.25) is 0 Å². The van der Waals surface area contributed by atoms with Crippen LogP contribution in [0.25, 0.3) is 66.1 Å². The first kappa shape index (κ1) is 23.6. The van der Waals surface area contributed by atoms with Crippen molar-refractivity contribution in [3.8, 4) is 22.6 Å². The second-order valence-corrected chi connectivity index (χ2v) is 11.0. The van der Waals surface area contributed by atoms with E-state index in [1.165, 1.54) is 32.8 Å².